The molecule has 1 aromatic carbocycles. The van der Waals surface area contributed by atoms with Gasteiger partial charge in [0.1, 0.15) is 12.7 Å². The van der Waals surface area contributed by atoms with Crippen molar-refractivity contribution in [2.75, 3.05) is 32.6 Å². The monoisotopic (exact) mass is 287 g/mol. The SMILES string of the molecule is CS(=O)(=O)c1ccc2c(c1)OC(CNCCO)CO2. The summed E-state index contributed by atoms with van der Waals surface area (Å²) in [6.45, 7) is 1.46. The zero-order valence-corrected chi connectivity index (χ0v) is 11.4. The van der Waals surface area contributed by atoms with E-state index in [4.69, 9.17) is 14.6 Å². The molecule has 1 aromatic rings. The number of benzene rings is 1. The lowest BCUT2D eigenvalue weighted by Gasteiger charge is -2.27. The second kappa shape index (κ2) is 5.77. The van der Waals surface area contributed by atoms with Gasteiger partial charge < -0.3 is 19.9 Å². The molecule has 2 N–H and O–H groups in total. The molecule has 0 spiro atoms. The zero-order chi connectivity index (χ0) is 13.9. The van der Waals surface area contributed by atoms with E-state index in [1.54, 1.807) is 6.07 Å². The fraction of sp³-hybridized carbons (Fsp3) is 0.500. The first kappa shape index (κ1) is 14.1. The van der Waals surface area contributed by atoms with Crippen LogP contribution < -0.4 is 14.8 Å². The number of aliphatic hydroxyl groups excluding tert-OH is 1. The smallest absolute Gasteiger partial charge is 0.175 e. The number of sulfone groups is 1. The molecular formula is C12H17NO5S. The van der Waals surface area contributed by atoms with E-state index >= 15 is 0 Å². The minimum atomic E-state index is -3.26. The van der Waals surface area contributed by atoms with Crippen LogP contribution in [0.25, 0.3) is 0 Å². The Labute approximate surface area is 112 Å². The molecule has 1 heterocycles. The van der Waals surface area contributed by atoms with Crippen molar-refractivity contribution in [2.24, 2.45) is 0 Å². The van der Waals surface area contributed by atoms with Gasteiger partial charge in [-0.3, -0.25) is 0 Å². The molecule has 106 valence electrons. The van der Waals surface area contributed by atoms with Gasteiger partial charge in [-0.05, 0) is 12.1 Å². The summed E-state index contributed by atoms with van der Waals surface area (Å²) in [4.78, 5) is 0.207. The van der Waals surface area contributed by atoms with Crippen LogP contribution in [0.4, 0.5) is 0 Å². The van der Waals surface area contributed by atoms with Crippen LogP contribution in [0.5, 0.6) is 11.5 Å². The molecule has 1 aliphatic heterocycles. The van der Waals surface area contributed by atoms with Gasteiger partial charge in [0.25, 0.3) is 0 Å². The molecule has 7 heteroatoms. The lowest BCUT2D eigenvalue weighted by molar-refractivity contribution is 0.0891. The minimum absolute atomic E-state index is 0.0579. The van der Waals surface area contributed by atoms with Gasteiger partial charge in [-0.1, -0.05) is 0 Å². The molecule has 19 heavy (non-hydrogen) atoms. The standard InChI is InChI=1S/C12H17NO5S/c1-19(15,16)10-2-3-11-12(6-10)18-9(8-17-11)7-13-4-5-14/h2-3,6,9,13-14H,4-5,7-8H2,1H3. The van der Waals surface area contributed by atoms with Crippen molar-refractivity contribution in [3.8, 4) is 11.5 Å². The third-order valence-electron chi connectivity index (χ3n) is 2.72. The van der Waals surface area contributed by atoms with Gasteiger partial charge in [0.15, 0.2) is 21.3 Å². The Kier molecular flexibility index (Phi) is 4.28. The average molecular weight is 287 g/mol. The summed E-state index contributed by atoms with van der Waals surface area (Å²) in [6.07, 6.45) is 0.951. The quantitative estimate of drug-likeness (QED) is 0.730. The minimum Gasteiger partial charge on any atom is -0.486 e. The highest BCUT2D eigenvalue weighted by Gasteiger charge is 2.22. The van der Waals surface area contributed by atoms with Gasteiger partial charge in [-0.15, -0.1) is 0 Å². The lowest BCUT2D eigenvalue weighted by atomic mass is 10.2. The van der Waals surface area contributed by atoms with Crippen LogP contribution in [0.2, 0.25) is 0 Å². The highest BCUT2D eigenvalue weighted by atomic mass is 32.2. The average Bonchev–Trinajstić information content (AvgIpc) is 2.37. The van der Waals surface area contributed by atoms with E-state index in [-0.39, 0.29) is 17.6 Å². The van der Waals surface area contributed by atoms with E-state index < -0.39 is 9.84 Å². The van der Waals surface area contributed by atoms with Gasteiger partial charge in [0.2, 0.25) is 0 Å². The molecule has 0 aromatic heterocycles. The molecule has 1 atom stereocenters. The fourth-order valence-electron chi connectivity index (χ4n) is 1.77. The van der Waals surface area contributed by atoms with Crippen molar-refractivity contribution in [1.29, 1.82) is 0 Å². The summed E-state index contributed by atoms with van der Waals surface area (Å²) in [5.41, 5.74) is 0. The number of nitrogens with one attached hydrogen (secondary N) is 1. The maximum Gasteiger partial charge on any atom is 0.175 e. The highest BCUT2D eigenvalue weighted by Crippen LogP contribution is 2.33. The molecule has 2 rings (SSSR count). The van der Waals surface area contributed by atoms with Gasteiger partial charge in [0.05, 0.1) is 11.5 Å². The lowest BCUT2D eigenvalue weighted by Crippen LogP contribution is -2.39. The van der Waals surface area contributed by atoms with Gasteiger partial charge in [-0.2, -0.15) is 0 Å². The van der Waals surface area contributed by atoms with Crippen molar-refractivity contribution < 1.29 is 23.0 Å². The first-order valence-electron chi connectivity index (χ1n) is 5.96. The molecule has 0 fully saturated rings. The number of aliphatic hydroxyl groups is 1. The van der Waals surface area contributed by atoms with Crippen molar-refractivity contribution in [3.05, 3.63) is 18.2 Å². The Morgan fingerprint density at radius 3 is 2.89 bits per heavy atom. The maximum absolute atomic E-state index is 11.5. The van der Waals surface area contributed by atoms with E-state index in [0.717, 1.165) is 6.26 Å². The molecule has 1 aliphatic rings. The predicted molar refractivity (Wildman–Crippen MR) is 69.4 cm³/mol. The van der Waals surface area contributed by atoms with Crippen molar-refractivity contribution in [3.63, 3.8) is 0 Å². The summed E-state index contributed by atoms with van der Waals surface area (Å²) in [6, 6.07) is 4.58. The second-order valence-electron chi connectivity index (χ2n) is 4.36. The van der Waals surface area contributed by atoms with E-state index in [0.29, 0.717) is 31.2 Å². The van der Waals surface area contributed by atoms with Crippen LogP contribution in [0, 0.1) is 0 Å². The summed E-state index contributed by atoms with van der Waals surface area (Å²) >= 11 is 0. The molecule has 0 saturated carbocycles. The molecule has 6 nitrogen and oxygen atoms in total. The number of ether oxygens (including phenoxy) is 2. The Morgan fingerprint density at radius 2 is 2.21 bits per heavy atom. The molecule has 0 saturated heterocycles. The third-order valence-corrected chi connectivity index (χ3v) is 3.83. The van der Waals surface area contributed by atoms with E-state index in [9.17, 15) is 8.42 Å². The van der Waals surface area contributed by atoms with Crippen LogP contribution >= 0.6 is 0 Å². The van der Waals surface area contributed by atoms with Gasteiger partial charge >= 0.3 is 0 Å². The number of fused-ring (bicyclic) bond motifs is 1. The van der Waals surface area contributed by atoms with Crippen molar-refractivity contribution in [2.45, 2.75) is 11.0 Å². The zero-order valence-electron chi connectivity index (χ0n) is 10.6. The number of hydrogen-bond donors (Lipinski definition) is 2. The topological polar surface area (TPSA) is 84.9 Å². The van der Waals surface area contributed by atoms with Crippen LogP contribution in [0.3, 0.4) is 0 Å². The first-order chi connectivity index (χ1) is 9.00. The Bertz CT molecular complexity index is 543. The van der Waals surface area contributed by atoms with Crippen LogP contribution in [0.1, 0.15) is 0 Å². The maximum atomic E-state index is 11.5. The third kappa shape index (κ3) is 3.59. The Hall–Kier alpha value is -1.31. The van der Waals surface area contributed by atoms with Crippen LogP contribution in [-0.2, 0) is 9.84 Å². The largest absolute Gasteiger partial charge is 0.486 e. The Balaban J connectivity index is 2.10. The number of hydrogen-bond acceptors (Lipinski definition) is 6. The molecule has 0 radical (unpaired) electrons. The summed E-state index contributed by atoms with van der Waals surface area (Å²) in [5.74, 6) is 0.982. The molecule has 0 amide bonds. The molecule has 0 aliphatic carbocycles. The summed E-state index contributed by atoms with van der Waals surface area (Å²) in [5, 5.41) is 11.7. The normalized spacial score (nSPS) is 18.3. The summed E-state index contributed by atoms with van der Waals surface area (Å²) < 4.78 is 34.1. The van der Waals surface area contributed by atoms with E-state index in [1.807, 2.05) is 0 Å². The number of rotatable bonds is 5. The van der Waals surface area contributed by atoms with E-state index in [1.165, 1.54) is 12.1 Å². The Morgan fingerprint density at radius 1 is 1.42 bits per heavy atom. The molecule has 1 unspecified atom stereocenters. The van der Waals surface area contributed by atoms with Crippen LogP contribution in [0.15, 0.2) is 23.1 Å². The van der Waals surface area contributed by atoms with Gasteiger partial charge in [0, 0.05) is 25.4 Å². The second-order valence-corrected chi connectivity index (χ2v) is 6.38. The van der Waals surface area contributed by atoms with E-state index in [2.05, 4.69) is 5.32 Å². The molecule has 0 bridgehead atoms. The van der Waals surface area contributed by atoms with Crippen LogP contribution in [-0.4, -0.2) is 52.2 Å². The van der Waals surface area contributed by atoms with Crippen molar-refractivity contribution in [1.82, 2.24) is 5.32 Å². The molecular weight excluding hydrogens is 270 g/mol. The van der Waals surface area contributed by atoms with Crippen molar-refractivity contribution >= 4 is 9.84 Å². The first-order valence-corrected chi connectivity index (χ1v) is 7.85. The fourth-order valence-corrected chi connectivity index (χ4v) is 2.41. The predicted octanol–water partition coefficient (Wildman–Crippen LogP) is -0.188. The highest BCUT2D eigenvalue weighted by molar-refractivity contribution is 7.90. The van der Waals surface area contributed by atoms with Gasteiger partial charge in [-0.25, -0.2) is 8.42 Å². The summed E-state index contributed by atoms with van der Waals surface area (Å²) in [7, 11) is -3.26.